The predicted octanol–water partition coefficient (Wildman–Crippen LogP) is 1.66. The van der Waals surface area contributed by atoms with Crippen molar-refractivity contribution >= 4 is 11.9 Å². The van der Waals surface area contributed by atoms with Crippen molar-refractivity contribution in [2.75, 3.05) is 34.3 Å². The third kappa shape index (κ3) is 13.0. The van der Waals surface area contributed by atoms with E-state index in [9.17, 15) is 9.59 Å². The van der Waals surface area contributed by atoms with Crippen LogP contribution >= 0.6 is 0 Å². The molecule has 0 rings (SSSR count). The lowest BCUT2D eigenvalue weighted by Crippen LogP contribution is -2.37. The van der Waals surface area contributed by atoms with Crippen molar-refractivity contribution in [3.8, 4) is 0 Å². The molecule has 0 amide bonds. The molecule has 0 saturated heterocycles. The number of nitrogens with zero attached hydrogens (tertiary/aromatic N) is 1. The Kier molecular flexibility index (Phi) is 8.37. The summed E-state index contributed by atoms with van der Waals surface area (Å²) >= 11 is 0. The largest absolute Gasteiger partial charge is 0.481 e. The molecule has 1 N–H and O–H groups in total. The molecule has 0 aromatic carbocycles. The molecule has 0 aliphatic carbocycles. The number of ether oxygens (including phenoxy) is 1. The summed E-state index contributed by atoms with van der Waals surface area (Å²) in [6.07, 6.45) is 3.86. The molecule has 0 heterocycles. The molecule has 0 aromatic rings. The second-order valence-electron chi connectivity index (χ2n) is 5.54. The maximum Gasteiger partial charge on any atom is 0.305 e. The number of aliphatic carboxylic acids is 1. The van der Waals surface area contributed by atoms with E-state index in [1.807, 2.05) is 0 Å². The van der Waals surface area contributed by atoms with Gasteiger partial charge in [-0.15, -0.1) is 0 Å². The van der Waals surface area contributed by atoms with Gasteiger partial charge in [0.1, 0.15) is 13.2 Å². The van der Waals surface area contributed by atoms with Crippen LogP contribution in [0.25, 0.3) is 0 Å². The van der Waals surface area contributed by atoms with Gasteiger partial charge in [0.25, 0.3) is 0 Å². The number of hydrogen-bond donors (Lipinski definition) is 1. The Morgan fingerprint density at radius 1 is 1.00 bits per heavy atom. The van der Waals surface area contributed by atoms with Crippen LogP contribution in [0.4, 0.5) is 0 Å². The molecule has 18 heavy (non-hydrogen) atoms. The number of likely N-dealkylation sites (N-methyl/N-ethyl adjacent to an activating group) is 1. The van der Waals surface area contributed by atoms with E-state index >= 15 is 0 Å². The second-order valence-corrected chi connectivity index (χ2v) is 5.54. The van der Waals surface area contributed by atoms with Gasteiger partial charge in [-0.2, -0.15) is 0 Å². The Labute approximate surface area is 109 Å². The molecule has 0 radical (unpaired) electrons. The smallest absolute Gasteiger partial charge is 0.305 e. The van der Waals surface area contributed by atoms with Crippen molar-refractivity contribution in [1.82, 2.24) is 0 Å². The number of esters is 1. The normalized spacial score (nSPS) is 11.3. The first-order valence-corrected chi connectivity index (χ1v) is 6.49. The average Bonchev–Trinajstić information content (AvgIpc) is 2.20. The zero-order valence-corrected chi connectivity index (χ0v) is 11.8. The van der Waals surface area contributed by atoms with E-state index in [-0.39, 0.29) is 12.4 Å². The lowest BCUT2D eigenvalue weighted by molar-refractivity contribution is -0.870. The standard InChI is InChI=1S/C13H25NO4/c1-14(2,3)10-11-18-13(17)9-7-5-4-6-8-12(15)16/h4-11H2,1-3H3/p+1. The molecule has 0 fully saturated rings. The van der Waals surface area contributed by atoms with E-state index in [1.165, 1.54) is 0 Å². The van der Waals surface area contributed by atoms with Crippen LogP contribution in [0.3, 0.4) is 0 Å². The van der Waals surface area contributed by atoms with Crippen LogP contribution in [0.2, 0.25) is 0 Å². The van der Waals surface area contributed by atoms with E-state index in [1.54, 1.807) is 0 Å². The molecule has 0 aromatic heterocycles. The molecular formula is C13H26NO4+. The number of carboxylic acids is 1. The van der Waals surface area contributed by atoms with Gasteiger partial charge in [-0.05, 0) is 12.8 Å². The summed E-state index contributed by atoms with van der Waals surface area (Å²) in [6, 6.07) is 0. The van der Waals surface area contributed by atoms with Crippen LogP contribution in [-0.2, 0) is 14.3 Å². The molecule has 5 nitrogen and oxygen atoms in total. The Balaban J connectivity index is 3.35. The second kappa shape index (κ2) is 8.91. The van der Waals surface area contributed by atoms with Crippen molar-refractivity contribution < 1.29 is 23.9 Å². The maximum absolute atomic E-state index is 11.3. The van der Waals surface area contributed by atoms with Crippen molar-refractivity contribution in [3.63, 3.8) is 0 Å². The number of hydrogen-bond acceptors (Lipinski definition) is 3. The highest BCUT2D eigenvalue weighted by atomic mass is 16.5. The van der Waals surface area contributed by atoms with Crippen molar-refractivity contribution in [2.24, 2.45) is 0 Å². The summed E-state index contributed by atoms with van der Waals surface area (Å²) in [5.41, 5.74) is 0. The monoisotopic (exact) mass is 260 g/mol. The first-order chi connectivity index (χ1) is 8.31. The molecule has 0 aliphatic rings. The van der Waals surface area contributed by atoms with E-state index in [4.69, 9.17) is 9.84 Å². The average molecular weight is 260 g/mol. The van der Waals surface area contributed by atoms with E-state index in [0.29, 0.717) is 19.4 Å². The van der Waals surface area contributed by atoms with Crippen molar-refractivity contribution in [2.45, 2.75) is 38.5 Å². The van der Waals surface area contributed by atoms with Gasteiger partial charge >= 0.3 is 11.9 Å². The molecule has 0 atom stereocenters. The van der Waals surface area contributed by atoms with Gasteiger partial charge in [0.15, 0.2) is 0 Å². The van der Waals surface area contributed by atoms with Gasteiger partial charge in [0.05, 0.1) is 21.1 Å². The van der Waals surface area contributed by atoms with Crippen LogP contribution in [0.15, 0.2) is 0 Å². The summed E-state index contributed by atoms with van der Waals surface area (Å²) < 4.78 is 5.89. The number of rotatable bonds is 10. The van der Waals surface area contributed by atoms with Crippen molar-refractivity contribution in [3.05, 3.63) is 0 Å². The lowest BCUT2D eigenvalue weighted by Gasteiger charge is -2.23. The first kappa shape index (κ1) is 16.9. The summed E-state index contributed by atoms with van der Waals surface area (Å²) in [5.74, 6) is -0.906. The van der Waals surface area contributed by atoms with Gasteiger partial charge < -0.3 is 14.3 Å². The third-order valence-electron chi connectivity index (χ3n) is 2.55. The molecule has 106 valence electrons. The van der Waals surface area contributed by atoms with Crippen LogP contribution in [0.1, 0.15) is 38.5 Å². The highest BCUT2D eigenvalue weighted by molar-refractivity contribution is 5.69. The van der Waals surface area contributed by atoms with Crippen LogP contribution in [0.5, 0.6) is 0 Å². The minimum Gasteiger partial charge on any atom is -0.481 e. The zero-order valence-electron chi connectivity index (χ0n) is 11.8. The van der Waals surface area contributed by atoms with Gasteiger partial charge in [0.2, 0.25) is 0 Å². The minimum atomic E-state index is -0.755. The Hall–Kier alpha value is -1.10. The summed E-state index contributed by atoms with van der Waals surface area (Å²) in [6.45, 7) is 1.27. The summed E-state index contributed by atoms with van der Waals surface area (Å²) in [7, 11) is 6.16. The molecule has 0 spiro atoms. The number of quaternary nitrogens is 1. The third-order valence-corrected chi connectivity index (χ3v) is 2.55. The van der Waals surface area contributed by atoms with E-state index in [2.05, 4.69) is 21.1 Å². The number of carbonyl (C=O) groups excluding carboxylic acids is 1. The fourth-order valence-electron chi connectivity index (χ4n) is 1.40. The van der Waals surface area contributed by atoms with Crippen LogP contribution in [0, 0.1) is 0 Å². The van der Waals surface area contributed by atoms with Gasteiger partial charge in [-0.25, -0.2) is 0 Å². The highest BCUT2D eigenvalue weighted by Gasteiger charge is 2.09. The van der Waals surface area contributed by atoms with E-state index < -0.39 is 5.97 Å². The van der Waals surface area contributed by atoms with Crippen molar-refractivity contribution in [1.29, 1.82) is 0 Å². The topological polar surface area (TPSA) is 63.6 Å². The fourth-order valence-corrected chi connectivity index (χ4v) is 1.40. The molecular weight excluding hydrogens is 234 g/mol. The Bertz CT molecular complexity index is 258. The molecule has 0 unspecified atom stereocenters. The Morgan fingerprint density at radius 2 is 1.56 bits per heavy atom. The van der Waals surface area contributed by atoms with Gasteiger partial charge in [-0.1, -0.05) is 12.8 Å². The SMILES string of the molecule is C[N+](C)(C)CCOC(=O)CCCCCCC(=O)O. The molecule has 0 aliphatic heterocycles. The lowest BCUT2D eigenvalue weighted by atomic mass is 10.1. The number of carboxylic acid groups (broad SMARTS) is 1. The molecule has 5 heteroatoms. The van der Waals surface area contributed by atoms with Crippen LogP contribution < -0.4 is 0 Å². The predicted molar refractivity (Wildman–Crippen MR) is 69.2 cm³/mol. The molecule has 0 saturated carbocycles. The highest BCUT2D eigenvalue weighted by Crippen LogP contribution is 2.06. The van der Waals surface area contributed by atoms with E-state index in [0.717, 1.165) is 30.3 Å². The maximum atomic E-state index is 11.3. The number of carbonyl (C=O) groups is 2. The first-order valence-electron chi connectivity index (χ1n) is 6.49. The minimum absolute atomic E-state index is 0.151. The fraction of sp³-hybridized carbons (Fsp3) is 0.846. The van der Waals surface area contributed by atoms with Crippen LogP contribution in [-0.4, -0.2) is 55.8 Å². The summed E-state index contributed by atoms with van der Waals surface area (Å²) in [5, 5.41) is 8.45. The zero-order chi connectivity index (χ0) is 14.0. The Morgan fingerprint density at radius 3 is 2.06 bits per heavy atom. The number of unbranched alkanes of at least 4 members (excludes halogenated alkanes) is 3. The quantitative estimate of drug-likeness (QED) is 0.368. The molecule has 0 bridgehead atoms. The van der Waals surface area contributed by atoms with Gasteiger partial charge in [0, 0.05) is 12.8 Å². The van der Waals surface area contributed by atoms with Gasteiger partial charge in [-0.3, -0.25) is 9.59 Å². The summed E-state index contributed by atoms with van der Waals surface area (Å²) in [4.78, 5) is 21.6.